The summed E-state index contributed by atoms with van der Waals surface area (Å²) in [6.45, 7) is 0.528. The largest absolute Gasteiger partial charge is 0.493 e. The summed E-state index contributed by atoms with van der Waals surface area (Å²) >= 11 is 18.3. The van der Waals surface area contributed by atoms with Crippen LogP contribution in [0.5, 0.6) is 11.5 Å². The van der Waals surface area contributed by atoms with Crippen LogP contribution < -0.4 is 14.8 Å². The zero-order valence-corrected chi connectivity index (χ0v) is 13.8. The maximum Gasteiger partial charge on any atom is 0.179 e. The third-order valence-corrected chi connectivity index (χ3v) is 4.03. The number of benzene rings is 2. The summed E-state index contributed by atoms with van der Waals surface area (Å²) in [7, 11) is 3.12. The molecule has 2 aromatic rings. The molecule has 0 fully saturated rings. The van der Waals surface area contributed by atoms with Crippen LogP contribution in [-0.4, -0.2) is 14.2 Å². The molecule has 0 saturated heterocycles. The lowest BCUT2D eigenvalue weighted by Gasteiger charge is -2.13. The number of ether oxygens (including phenoxy) is 2. The van der Waals surface area contributed by atoms with E-state index in [2.05, 4.69) is 5.32 Å². The van der Waals surface area contributed by atoms with Crippen LogP contribution in [0.2, 0.25) is 15.1 Å². The molecule has 0 atom stereocenters. The van der Waals surface area contributed by atoms with E-state index in [9.17, 15) is 0 Å². The second-order valence-electron chi connectivity index (χ2n) is 4.27. The summed E-state index contributed by atoms with van der Waals surface area (Å²) in [4.78, 5) is 0. The van der Waals surface area contributed by atoms with Crippen LogP contribution in [0.4, 0.5) is 5.69 Å². The van der Waals surface area contributed by atoms with Gasteiger partial charge in [-0.3, -0.25) is 0 Å². The predicted molar refractivity (Wildman–Crippen MR) is 88.3 cm³/mol. The number of anilines is 1. The Morgan fingerprint density at radius 2 is 1.76 bits per heavy atom. The number of methoxy groups -OCH3 is 2. The highest BCUT2D eigenvalue weighted by molar-refractivity contribution is 6.43. The Labute approximate surface area is 138 Å². The molecule has 0 aromatic heterocycles. The molecule has 2 rings (SSSR count). The Hall–Kier alpha value is -1.29. The summed E-state index contributed by atoms with van der Waals surface area (Å²) in [5.74, 6) is 1.10. The molecule has 0 unspecified atom stereocenters. The fourth-order valence-electron chi connectivity index (χ4n) is 1.91. The van der Waals surface area contributed by atoms with Crippen molar-refractivity contribution < 1.29 is 9.47 Å². The van der Waals surface area contributed by atoms with E-state index in [1.54, 1.807) is 20.3 Å². The molecular weight excluding hydrogens is 333 g/mol. The molecule has 0 saturated carbocycles. The number of halogens is 3. The summed E-state index contributed by atoms with van der Waals surface area (Å²) in [6, 6.07) is 9.10. The van der Waals surface area contributed by atoms with Crippen molar-refractivity contribution in [3.05, 3.63) is 51.0 Å². The maximum absolute atomic E-state index is 6.17. The van der Waals surface area contributed by atoms with E-state index in [1.165, 1.54) is 0 Å². The van der Waals surface area contributed by atoms with Crippen molar-refractivity contribution in [2.24, 2.45) is 0 Å². The van der Waals surface area contributed by atoms with Gasteiger partial charge in [-0.25, -0.2) is 0 Å². The molecule has 0 aliphatic rings. The van der Waals surface area contributed by atoms with Gasteiger partial charge in [0.25, 0.3) is 0 Å². The summed E-state index contributed by atoms with van der Waals surface area (Å²) in [6.07, 6.45) is 0. The minimum absolute atomic E-state index is 0.491. The second kappa shape index (κ2) is 7.12. The van der Waals surface area contributed by atoms with Crippen LogP contribution in [0.25, 0.3) is 0 Å². The van der Waals surface area contributed by atoms with Crippen molar-refractivity contribution in [2.75, 3.05) is 19.5 Å². The van der Waals surface area contributed by atoms with Gasteiger partial charge < -0.3 is 14.8 Å². The predicted octanol–water partition coefficient (Wildman–Crippen LogP) is 5.28. The zero-order valence-electron chi connectivity index (χ0n) is 11.5. The Kier molecular flexibility index (Phi) is 5.45. The third kappa shape index (κ3) is 3.67. The highest BCUT2D eigenvalue weighted by atomic mass is 35.5. The van der Waals surface area contributed by atoms with Gasteiger partial charge >= 0.3 is 0 Å². The van der Waals surface area contributed by atoms with Gasteiger partial charge in [0.1, 0.15) is 0 Å². The van der Waals surface area contributed by atoms with Crippen molar-refractivity contribution in [3.8, 4) is 11.5 Å². The lowest BCUT2D eigenvalue weighted by atomic mass is 10.2. The number of hydrogen-bond acceptors (Lipinski definition) is 3. The second-order valence-corrected chi connectivity index (χ2v) is 5.46. The molecular formula is C15H14Cl3NO2. The molecule has 3 nitrogen and oxygen atoms in total. The monoisotopic (exact) mass is 345 g/mol. The van der Waals surface area contributed by atoms with Crippen molar-refractivity contribution in [1.29, 1.82) is 0 Å². The first kappa shape index (κ1) is 16.1. The number of rotatable bonds is 5. The average Bonchev–Trinajstić information content (AvgIpc) is 2.48. The lowest BCUT2D eigenvalue weighted by molar-refractivity contribution is 0.355. The number of nitrogens with one attached hydrogen (secondary N) is 1. The summed E-state index contributed by atoms with van der Waals surface area (Å²) in [5.41, 5.74) is 1.70. The zero-order chi connectivity index (χ0) is 15.4. The Bertz CT molecular complexity index is 647. The Morgan fingerprint density at radius 1 is 1.00 bits per heavy atom. The molecule has 0 aliphatic carbocycles. The molecule has 6 heteroatoms. The van der Waals surface area contributed by atoms with Crippen molar-refractivity contribution in [1.82, 2.24) is 0 Å². The quantitative estimate of drug-likeness (QED) is 0.799. The Morgan fingerprint density at radius 3 is 2.43 bits per heavy atom. The molecule has 0 bridgehead atoms. The van der Waals surface area contributed by atoms with Crippen LogP contribution >= 0.6 is 34.8 Å². The standard InChI is InChI=1S/C15H14Cl3NO2/c1-20-13-7-9(6-11(17)15(13)21-2)8-19-12-5-3-4-10(16)14(12)18/h3-7,19H,8H2,1-2H3. The highest BCUT2D eigenvalue weighted by Crippen LogP contribution is 2.36. The van der Waals surface area contributed by atoms with E-state index in [0.717, 1.165) is 11.3 Å². The molecule has 2 aromatic carbocycles. The van der Waals surface area contributed by atoms with Crippen molar-refractivity contribution in [3.63, 3.8) is 0 Å². The van der Waals surface area contributed by atoms with Crippen LogP contribution in [0.1, 0.15) is 5.56 Å². The van der Waals surface area contributed by atoms with E-state index in [4.69, 9.17) is 44.3 Å². The van der Waals surface area contributed by atoms with Gasteiger partial charge in [-0.15, -0.1) is 0 Å². The molecule has 0 amide bonds. The van der Waals surface area contributed by atoms with Crippen LogP contribution in [0.3, 0.4) is 0 Å². The SMILES string of the molecule is COc1cc(CNc2cccc(Cl)c2Cl)cc(Cl)c1OC. The fraction of sp³-hybridized carbons (Fsp3) is 0.200. The maximum atomic E-state index is 6.17. The summed E-state index contributed by atoms with van der Waals surface area (Å²) in [5, 5.41) is 4.70. The van der Waals surface area contributed by atoms with Crippen LogP contribution in [0.15, 0.2) is 30.3 Å². The van der Waals surface area contributed by atoms with E-state index in [0.29, 0.717) is 33.1 Å². The van der Waals surface area contributed by atoms with Crippen LogP contribution in [-0.2, 0) is 6.54 Å². The van der Waals surface area contributed by atoms with Crippen molar-refractivity contribution >= 4 is 40.5 Å². The lowest BCUT2D eigenvalue weighted by Crippen LogP contribution is -2.01. The smallest absolute Gasteiger partial charge is 0.179 e. The van der Waals surface area contributed by atoms with Crippen LogP contribution in [0, 0.1) is 0 Å². The first-order chi connectivity index (χ1) is 10.1. The van der Waals surface area contributed by atoms with Gasteiger partial charge in [-0.05, 0) is 29.8 Å². The topological polar surface area (TPSA) is 30.5 Å². The van der Waals surface area contributed by atoms with E-state index in [-0.39, 0.29) is 0 Å². The minimum atomic E-state index is 0.491. The summed E-state index contributed by atoms with van der Waals surface area (Å²) < 4.78 is 10.5. The first-order valence-electron chi connectivity index (χ1n) is 6.15. The molecule has 0 heterocycles. The molecule has 0 radical (unpaired) electrons. The molecule has 0 spiro atoms. The molecule has 112 valence electrons. The van der Waals surface area contributed by atoms with E-state index >= 15 is 0 Å². The highest BCUT2D eigenvalue weighted by Gasteiger charge is 2.11. The fourth-order valence-corrected chi connectivity index (χ4v) is 2.59. The van der Waals surface area contributed by atoms with Gasteiger partial charge in [0.05, 0.1) is 35.0 Å². The minimum Gasteiger partial charge on any atom is -0.493 e. The van der Waals surface area contributed by atoms with Gasteiger partial charge in [0, 0.05) is 6.54 Å². The van der Waals surface area contributed by atoms with Gasteiger partial charge in [-0.1, -0.05) is 40.9 Å². The molecule has 21 heavy (non-hydrogen) atoms. The van der Waals surface area contributed by atoms with Gasteiger partial charge in [0.15, 0.2) is 11.5 Å². The number of hydrogen-bond donors (Lipinski definition) is 1. The van der Waals surface area contributed by atoms with E-state index in [1.807, 2.05) is 24.3 Å². The Balaban J connectivity index is 2.20. The van der Waals surface area contributed by atoms with Gasteiger partial charge in [0.2, 0.25) is 0 Å². The van der Waals surface area contributed by atoms with E-state index < -0.39 is 0 Å². The third-order valence-electron chi connectivity index (χ3n) is 2.93. The van der Waals surface area contributed by atoms with Crippen molar-refractivity contribution in [2.45, 2.75) is 6.54 Å². The average molecular weight is 347 g/mol. The molecule has 0 aliphatic heterocycles. The van der Waals surface area contributed by atoms with Gasteiger partial charge in [-0.2, -0.15) is 0 Å². The molecule has 1 N–H and O–H groups in total. The normalized spacial score (nSPS) is 10.3. The first-order valence-corrected chi connectivity index (χ1v) is 7.28.